The van der Waals surface area contributed by atoms with Gasteiger partial charge in [0.15, 0.2) is 18.3 Å². The summed E-state index contributed by atoms with van der Waals surface area (Å²) in [6.45, 7) is 22.7. The lowest BCUT2D eigenvalue weighted by Gasteiger charge is -2.26. The number of esters is 1. The summed E-state index contributed by atoms with van der Waals surface area (Å²) in [6, 6.07) is -1.23. The highest BCUT2D eigenvalue weighted by molar-refractivity contribution is 5.85. The van der Waals surface area contributed by atoms with Crippen molar-refractivity contribution in [1.82, 2.24) is 51.3 Å². The van der Waals surface area contributed by atoms with Crippen LogP contribution in [-0.4, -0.2) is 131 Å². The van der Waals surface area contributed by atoms with Gasteiger partial charge in [0.2, 0.25) is 11.8 Å². The SMILES string of the molecule is CC(C)(C)N[C@H](CCCCNC(=O)Cc1cn(CC(=O)C(C)(C)C)nn1)C(=O)O.CC(C)(C)N[C@H](CCCCNC(=O)Cc1cn(COC(=O)COCC(=O)C(C)(C)C)nn1)C(=O)O. The lowest BCUT2D eigenvalue weighted by molar-refractivity contribution is -0.154. The molecule has 2 amide bonds. The predicted octanol–water partition coefficient (Wildman–Crippen LogP) is 2.64. The Hall–Kier alpha value is -5.15. The van der Waals surface area contributed by atoms with Gasteiger partial charge in [0.05, 0.1) is 30.4 Å². The number of hydrogen-bond donors (Lipinski definition) is 6. The van der Waals surface area contributed by atoms with Crippen LogP contribution in [0, 0.1) is 10.8 Å². The van der Waals surface area contributed by atoms with E-state index in [0.717, 1.165) is 0 Å². The summed E-state index contributed by atoms with van der Waals surface area (Å²) in [6.07, 6.45) is 6.84. The molecule has 362 valence electrons. The van der Waals surface area contributed by atoms with Gasteiger partial charge < -0.3 is 30.3 Å². The minimum Gasteiger partial charge on any atom is -0.480 e. The van der Waals surface area contributed by atoms with Crippen LogP contribution >= 0.6 is 0 Å². The Kier molecular flexibility index (Phi) is 23.6. The number of aliphatic carboxylic acids is 2. The highest BCUT2D eigenvalue weighted by atomic mass is 16.6. The molecule has 0 aromatic carbocycles. The third-order valence-electron chi connectivity index (χ3n) is 8.94. The third-order valence-corrected chi connectivity index (χ3v) is 8.94. The maximum absolute atomic E-state index is 12.1. The summed E-state index contributed by atoms with van der Waals surface area (Å²) < 4.78 is 12.8. The van der Waals surface area contributed by atoms with Gasteiger partial charge in [-0.3, -0.25) is 39.4 Å². The summed E-state index contributed by atoms with van der Waals surface area (Å²) in [7, 11) is 0. The first-order valence-corrected chi connectivity index (χ1v) is 21.6. The topological polar surface area (TPSA) is 288 Å². The molecule has 2 atom stereocenters. The molecule has 0 aliphatic carbocycles. The van der Waals surface area contributed by atoms with Crippen molar-refractivity contribution in [2.24, 2.45) is 10.8 Å². The number of carbonyl (C=O) groups excluding carboxylic acids is 5. The van der Waals surface area contributed by atoms with Crippen molar-refractivity contribution in [2.75, 3.05) is 26.3 Å². The zero-order chi connectivity index (χ0) is 48.9. The largest absolute Gasteiger partial charge is 0.480 e. The molecular weight excluding hydrogens is 833 g/mol. The van der Waals surface area contributed by atoms with E-state index in [9.17, 15) is 43.8 Å². The second-order valence-corrected chi connectivity index (χ2v) is 19.8. The number of ether oxygens (including phenoxy) is 2. The van der Waals surface area contributed by atoms with E-state index in [1.165, 1.54) is 15.6 Å². The van der Waals surface area contributed by atoms with Crippen LogP contribution in [0.2, 0.25) is 0 Å². The number of amides is 2. The number of Topliss-reactive ketones (excluding diaryl/α,β-unsaturated/α-hetero) is 2. The molecule has 6 N–H and O–H groups in total. The first-order valence-electron chi connectivity index (χ1n) is 21.6. The second-order valence-electron chi connectivity index (χ2n) is 19.8. The van der Waals surface area contributed by atoms with E-state index >= 15 is 0 Å². The third kappa shape index (κ3) is 26.5. The summed E-state index contributed by atoms with van der Waals surface area (Å²) >= 11 is 0. The van der Waals surface area contributed by atoms with Gasteiger partial charge in [-0.15, -0.1) is 10.2 Å². The maximum Gasteiger partial charge on any atom is 0.333 e. The van der Waals surface area contributed by atoms with Gasteiger partial charge in [0.25, 0.3) is 0 Å². The molecule has 0 aliphatic rings. The number of rotatable bonds is 26. The van der Waals surface area contributed by atoms with E-state index in [2.05, 4.69) is 41.9 Å². The molecule has 2 aromatic heterocycles. The van der Waals surface area contributed by atoms with Gasteiger partial charge in [-0.05, 0) is 80.1 Å². The number of unbranched alkanes of at least 4 members (excludes halogenated alkanes) is 2. The fourth-order valence-electron chi connectivity index (χ4n) is 5.40. The standard InChI is InChI=1S/C23H39N5O7.C20H35N5O4/c1-22(2,3)18(29)13-34-14-20(31)35-15-28-12-16(26-27-28)11-19(30)24-10-8-7-9-17(21(32)33)25-23(4,5)6;1-19(2,3)16(26)13-25-12-14(23-24-25)11-17(27)21-10-8-7-9-15(18(28)29)22-20(4,5)6/h12,17,25H,7-11,13-15H2,1-6H3,(H,24,30)(H,32,33);12,15,22H,7-11,13H2,1-6H3,(H,21,27)(H,28,29)/t17-;15-/m11/s1. The van der Waals surface area contributed by atoms with Crippen LogP contribution in [-0.2, 0) is 69.2 Å². The highest BCUT2D eigenvalue weighted by Gasteiger charge is 2.25. The first kappa shape index (κ1) is 56.9. The molecule has 2 aromatic rings. The number of aromatic nitrogens is 6. The summed E-state index contributed by atoms with van der Waals surface area (Å²) in [5.41, 5.74) is -0.652. The summed E-state index contributed by atoms with van der Waals surface area (Å²) in [5.74, 6) is -2.90. The number of carbonyl (C=O) groups is 7. The van der Waals surface area contributed by atoms with Crippen LogP contribution in [0.5, 0.6) is 0 Å². The highest BCUT2D eigenvalue weighted by Crippen LogP contribution is 2.16. The molecule has 2 heterocycles. The molecule has 0 radical (unpaired) electrons. The van der Waals surface area contributed by atoms with Gasteiger partial charge >= 0.3 is 17.9 Å². The molecule has 0 spiro atoms. The van der Waals surface area contributed by atoms with E-state index < -0.39 is 40.8 Å². The van der Waals surface area contributed by atoms with Crippen LogP contribution in [0.25, 0.3) is 0 Å². The van der Waals surface area contributed by atoms with Crippen molar-refractivity contribution in [2.45, 2.75) is 171 Å². The summed E-state index contributed by atoms with van der Waals surface area (Å²) in [4.78, 5) is 82.3. The predicted molar refractivity (Wildman–Crippen MR) is 236 cm³/mol. The fourth-order valence-corrected chi connectivity index (χ4v) is 5.40. The monoisotopic (exact) mass is 907 g/mol. The number of ketones is 2. The van der Waals surface area contributed by atoms with Crippen molar-refractivity contribution < 1.29 is 53.2 Å². The van der Waals surface area contributed by atoms with E-state index in [0.29, 0.717) is 63.0 Å². The van der Waals surface area contributed by atoms with E-state index in [4.69, 9.17) is 9.47 Å². The molecular formula is C43H74N10O11. The molecule has 0 aliphatic heterocycles. The zero-order valence-electron chi connectivity index (χ0n) is 40.0. The van der Waals surface area contributed by atoms with Crippen molar-refractivity contribution in [3.63, 3.8) is 0 Å². The molecule has 0 fully saturated rings. The van der Waals surface area contributed by atoms with Crippen molar-refractivity contribution in [3.05, 3.63) is 23.8 Å². The Morgan fingerprint density at radius 2 is 1.03 bits per heavy atom. The van der Waals surface area contributed by atoms with Crippen LogP contribution in [0.4, 0.5) is 0 Å². The number of nitrogens with zero attached hydrogens (tertiary/aromatic N) is 6. The van der Waals surface area contributed by atoms with Crippen LogP contribution < -0.4 is 21.3 Å². The van der Waals surface area contributed by atoms with Gasteiger partial charge in [0.1, 0.15) is 31.8 Å². The Morgan fingerprint density at radius 1 is 0.609 bits per heavy atom. The molecule has 2 rings (SSSR count). The van der Waals surface area contributed by atoms with E-state index in [1.54, 1.807) is 27.0 Å². The molecule has 64 heavy (non-hydrogen) atoms. The Bertz CT molecular complexity index is 1820. The molecule has 0 bridgehead atoms. The number of nitrogens with one attached hydrogen (secondary N) is 4. The smallest absolute Gasteiger partial charge is 0.333 e. The van der Waals surface area contributed by atoms with Crippen molar-refractivity contribution in [3.8, 4) is 0 Å². The van der Waals surface area contributed by atoms with Crippen molar-refractivity contribution >= 4 is 41.3 Å². The Labute approximate surface area is 376 Å². The summed E-state index contributed by atoms with van der Waals surface area (Å²) in [5, 5.41) is 45.8. The van der Waals surface area contributed by atoms with Crippen molar-refractivity contribution in [1.29, 1.82) is 0 Å². The van der Waals surface area contributed by atoms with Gasteiger partial charge in [0, 0.05) is 41.2 Å². The normalized spacial score (nSPS) is 12.9. The average molecular weight is 907 g/mol. The minimum atomic E-state index is -0.888. The fraction of sp³-hybridized carbons (Fsp3) is 0.744. The van der Waals surface area contributed by atoms with Crippen LogP contribution in [0.1, 0.15) is 133 Å². The lowest BCUT2D eigenvalue weighted by Crippen LogP contribution is -2.47. The Morgan fingerprint density at radius 3 is 1.44 bits per heavy atom. The lowest BCUT2D eigenvalue weighted by atomic mass is 9.91. The molecule has 0 unspecified atom stereocenters. The molecule has 21 heteroatoms. The van der Waals surface area contributed by atoms with Crippen LogP contribution in [0.15, 0.2) is 12.4 Å². The van der Waals surface area contributed by atoms with E-state index in [1.807, 2.05) is 62.3 Å². The number of carboxylic acid groups (broad SMARTS) is 2. The second kappa shape index (κ2) is 26.6. The average Bonchev–Trinajstić information content (AvgIpc) is 3.79. The van der Waals surface area contributed by atoms with Gasteiger partial charge in [-0.1, -0.05) is 52.0 Å². The maximum atomic E-state index is 12.1. The molecule has 0 saturated carbocycles. The van der Waals surface area contributed by atoms with Crippen LogP contribution in [0.3, 0.4) is 0 Å². The molecule has 21 nitrogen and oxygen atoms in total. The molecule has 0 saturated heterocycles. The van der Waals surface area contributed by atoms with Gasteiger partial charge in [-0.25, -0.2) is 14.2 Å². The minimum absolute atomic E-state index is 0.00923. The zero-order valence-corrected chi connectivity index (χ0v) is 40.0. The Balaban J connectivity index is 0.000000651. The number of carboxylic acids is 2. The van der Waals surface area contributed by atoms with Gasteiger partial charge in [-0.2, -0.15) is 0 Å². The van der Waals surface area contributed by atoms with E-state index in [-0.39, 0.29) is 73.8 Å². The first-order chi connectivity index (χ1) is 29.4. The number of hydrogen-bond acceptors (Lipinski definition) is 15. The quantitative estimate of drug-likeness (QED) is 0.0584.